The van der Waals surface area contributed by atoms with Gasteiger partial charge >= 0.3 is 5.97 Å². The number of carboxylic acid groups (broad SMARTS) is 1. The number of rotatable bonds is 10. The zero-order valence-electron chi connectivity index (χ0n) is 16.6. The number of aliphatic carboxylic acids is 1. The third kappa shape index (κ3) is 5.72. The maximum absolute atomic E-state index is 11.7. The maximum Gasteiger partial charge on any atom is 0.336 e. The van der Waals surface area contributed by atoms with Crippen molar-refractivity contribution in [2.24, 2.45) is 0 Å². The van der Waals surface area contributed by atoms with E-state index in [-0.39, 0.29) is 19.6 Å². The number of aliphatic hydroxyl groups excluding tert-OH is 1. The second-order valence-corrected chi connectivity index (χ2v) is 7.33. The van der Waals surface area contributed by atoms with Gasteiger partial charge in [-0.05, 0) is 48.2 Å². The van der Waals surface area contributed by atoms with Crippen LogP contribution in [0.1, 0.15) is 24.0 Å². The third-order valence-electron chi connectivity index (χ3n) is 4.97. The predicted octanol–water partition coefficient (Wildman–Crippen LogP) is 2.75. The van der Waals surface area contributed by atoms with Gasteiger partial charge < -0.3 is 24.4 Å². The fraction of sp³-hybridized carbons (Fsp3) is 0.391. The van der Waals surface area contributed by atoms with Crippen molar-refractivity contribution in [1.29, 1.82) is 5.26 Å². The van der Waals surface area contributed by atoms with E-state index in [1.807, 2.05) is 18.2 Å². The summed E-state index contributed by atoms with van der Waals surface area (Å²) < 4.78 is 16.7. The molecule has 0 spiro atoms. The van der Waals surface area contributed by atoms with E-state index in [9.17, 15) is 15.0 Å². The molecule has 0 aromatic heterocycles. The van der Waals surface area contributed by atoms with Gasteiger partial charge in [-0.15, -0.1) is 0 Å². The monoisotopic (exact) mass is 411 g/mol. The summed E-state index contributed by atoms with van der Waals surface area (Å²) in [7, 11) is 0. The SMILES string of the molecule is N#CCc1ccc(OC[C@H](O)COc2cccc(CC3(C(=O)O)CCCO3)c2)cc1. The first kappa shape index (κ1) is 21.6. The predicted molar refractivity (Wildman–Crippen MR) is 108 cm³/mol. The zero-order valence-corrected chi connectivity index (χ0v) is 16.6. The molecular formula is C23H25NO6. The molecule has 1 fully saturated rings. The Morgan fingerprint density at radius 2 is 1.87 bits per heavy atom. The molecule has 2 atom stereocenters. The number of nitrogens with zero attached hydrogens (tertiary/aromatic N) is 1. The molecule has 7 nitrogen and oxygen atoms in total. The number of ether oxygens (including phenoxy) is 3. The van der Waals surface area contributed by atoms with Gasteiger partial charge in [0.25, 0.3) is 0 Å². The molecule has 3 rings (SSSR count). The van der Waals surface area contributed by atoms with Gasteiger partial charge in [0, 0.05) is 13.0 Å². The summed E-state index contributed by atoms with van der Waals surface area (Å²) in [6.45, 7) is 0.555. The Labute approximate surface area is 175 Å². The summed E-state index contributed by atoms with van der Waals surface area (Å²) in [6.07, 6.45) is 0.995. The molecule has 2 aromatic rings. The van der Waals surface area contributed by atoms with E-state index in [0.29, 0.717) is 30.9 Å². The highest BCUT2D eigenvalue weighted by molar-refractivity contribution is 5.78. The topological polar surface area (TPSA) is 109 Å². The van der Waals surface area contributed by atoms with Crippen LogP contribution in [0.4, 0.5) is 0 Å². The second kappa shape index (κ2) is 10.1. The molecule has 0 bridgehead atoms. The molecule has 1 saturated heterocycles. The first-order valence-corrected chi connectivity index (χ1v) is 9.86. The Morgan fingerprint density at radius 3 is 2.50 bits per heavy atom. The van der Waals surface area contributed by atoms with Crippen molar-refractivity contribution >= 4 is 5.97 Å². The highest BCUT2D eigenvalue weighted by Crippen LogP contribution is 2.31. The van der Waals surface area contributed by atoms with Gasteiger partial charge in [-0.3, -0.25) is 0 Å². The molecule has 2 N–H and O–H groups in total. The van der Waals surface area contributed by atoms with Crippen LogP contribution in [-0.4, -0.2) is 47.7 Å². The van der Waals surface area contributed by atoms with Gasteiger partial charge in [-0.25, -0.2) is 4.79 Å². The largest absolute Gasteiger partial charge is 0.491 e. The number of benzene rings is 2. The quantitative estimate of drug-likeness (QED) is 0.619. The molecule has 2 aromatic carbocycles. The molecule has 1 unspecified atom stereocenters. The Bertz CT molecular complexity index is 883. The molecule has 0 radical (unpaired) electrons. The van der Waals surface area contributed by atoms with Crippen molar-refractivity contribution in [3.05, 3.63) is 59.7 Å². The van der Waals surface area contributed by atoms with Crippen molar-refractivity contribution in [3.8, 4) is 17.6 Å². The van der Waals surface area contributed by atoms with Gasteiger partial charge in [-0.2, -0.15) is 5.26 Å². The molecule has 30 heavy (non-hydrogen) atoms. The van der Waals surface area contributed by atoms with E-state index in [1.165, 1.54) is 0 Å². The van der Waals surface area contributed by atoms with Gasteiger partial charge in [0.15, 0.2) is 5.60 Å². The van der Waals surface area contributed by atoms with Crippen LogP contribution in [0.15, 0.2) is 48.5 Å². The molecule has 0 amide bonds. The minimum absolute atomic E-state index is 0.0382. The third-order valence-corrected chi connectivity index (χ3v) is 4.97. The van der Waals surface area contributed by atoms with Crippen LogP contribution in [0.3, 0.4) is 0 Å². The minimum atomic E-state index is -1.17. The number of aliphatic hydroxyl groups is 1. The molecule has 0 aliphatic carbocycles. The summed E-state index contributed by atoms with van der Waals surface area (Å²) in [4.78, 5) is 11.7. The molecule has 1 heterocycles. The number of carbonyl (C=O) groups is 1. The van der Waals surface area contributed by atoms with E-state index in [1.54, 1.807) is 30.3 Å². The summed E-state index contributed by atoms with van der Waals surface area (Å²) in [5, 5.41) is 28.4. The van der Waals surface area contributed by atoms with E-state index < -0.39 is 17.7 Å². The molecule has 1 aliphatic rings. The Morgan fingerprint density at radius 1 is 1.13 bits per heavy atom. The van der Waals surface area contributed by atoms with Crippen LogP contribution >= 0.6 is 0 Å². The van der Waals surface area contributed by atoms with Crippen molar-refractivity contribution in [2.75, 3.05) is 19.8 Å². The molecular weight excluding hydrogens is 386 g/mol. The van der Waals surface area contributed by atoms with Crippen LogP contribution in [-0.2, 0) is 22.4 Å². The molecule has 7 heteroatoms. The van der Waals surface area contributed by atoms with Crippen LogP contribution in [0, 0.1) is 11.3 Å². The number of nitriles is 1. The smallest absolute Gasteiger partial charge is 0.336 e. The second-order valence-electron chi connectivity index (χ2n) is 7.33. The zero-order chi connectivity index (χ0) is 21.4. The van der Waals surface area contributed by atoms with Crippen LogP contribution in [0.5, 0.6) is 11.5 Å². The number of carboxylic acids is 1. The van der Waals surface area contributed by atoms with Gasteiger partial charge in [-0.1, -0.05) is 24.3 Å². The maximum atomic E-state index is 11.7. The number of hydrogen-bond acceptors (Lipinski definition) is 6. The minimum Gasteiger partial charge on any atom is -0.491 e. The van der Waals surface area contributed by atoms with Crippen molar-refractivity contribution in [3.63, 3.8) is 0 Å². The first-order chi connectivity index (χ1) is 14.5. The lowest BCUT2D eigenvalue weighted by atomic mass is 9.91. The first-order valence-electron chi connectivity index (χ1n) is 9.86. The average Bonchev–Trinajstić information content (AvgIpc) is 3.22. The van der Waals surface area contributed by atoms with Crippen molar-refractivity contribution < 1.29 is 29.2 Å². The number of hydrogen-bond donors (Lipinski definition) is 2. The Balaban J connectivity index is 1.49. The lowest BCUT2D eigenvalue weighted by Gasteiger charge is -2.23. The van der Waals surface area contributed by atoms with E-state index >= 15 is 0 Å². The molecule has 0 saturated carbocycles. The lowest BCUT2D eigenvalue weighted by Crippen LogP contribution is -2.40. The summed E-state index contributed by atoms with van der Waals surface area (Å²) >= 11 is 0. The Kier molecular flexibility index (Phi) is 7.28. The van der Waals surface area contributed by atoms with E-state index in [4.69, 9.17) is 19.5 Å². The van der Waals surface area contributed by atoms with Crippen LogP contribution in [0.2, 0.25) is 0 Å². The van der Waals surface area contributed by atoms with Crippen LogP contribution in [0.25, 0.3) is 0 Å². The normalized spacial score (nSPS) is 19.1. The highest BCUT2D eigenvalue weighted by atomic mass is 16.5. The van der Waals surface area contributed by atoms with Crippen LogP contribution < -0.4 is 9.47 Å². The molecule has 158 valence electrons. The standard InChI is InChI=1S/C23H25NO6/c24-11-9-17-5-7-20(8-6-17)28-15-19(25)16-29-21-4-1-3-18(13-21)14-23(22(26)27)10-2-12-30-23/h1,3-8,13,19,25H,2,9-10,12,14-16H2,(H,26,27)/t19-,23?/m0/s1. The summed E-state index contributed by atoms with van der Waals surface area (Å²) in [5.41, 5.74) is 0.538. The van der Waals surface area contributed by atoms with E-state index in [2.05, 4.69) is 6.07 Å². The van der Waals surface area contributed by atoms with Crippen molar-refractivity contribution in [1.82, 2.24) is 0 Å². The molecule has 1 aliphatic heterocycles. The average molecular weight is 411 g/mol. The van der Waals surface area contributed by atoms with E-state index in [0.717, 1.165) is 17.5 Å². The lowest BCUT2D eigenvalue weighted by molar-refractivity contribution is -0.159. The van der Waals surface area contributed by atoms with Gasteiger partial charge in [0.05, 0.1) is 12.5 Å². The van der Waals surface area contributed by atoms with Gasteiger partial charge in [0.2, 0.25) is 0 Å². The van der Waals surface area contributed by atoms with Crippen molar-refractivity contribution in [2.45, 2.75) is 37.4 Å². The highest BCUT2D eigenvalue weighted by Gasteiger charge is 2.42. The fourth-order valence-electron chi connectivity index (χ4n) is 3.38. The summed E-state index contributed by atoms with van der Waals surface area (Å²) in [6, 6.07) is 16.4. The summed E-state index contributed by atoms with van der Waals surface area (Å²) in [5.74, 6) is 0.207. The fourth-order valence-corrected chi connectivity index (χ4v) is 3.38. The van der Waals surface area contributed by atoms with Gasteiger partial charge in [0.1, 0.15) is 30.8 Å². The Hall–Kier alpha value is -3.08.